The summed E-state index contributed by atoms with van der Waals surface area (Å²) < 4.78 is 0. The molecule has 1 aliphatic heterocycles. The number of carbonyl (C=O) groups is 1. The third-order valence-corrected chi connectivity index (χ3v) is 6.01. The summed E-state index contributed by atoms with van der Waals surface area (Å²) in [5, 5.41) is 3.17. The van der Waals surface area contributed by atoms with Gasteiger partial charge in [0.2, 0.25) is 0 Å². The van der Waals surface area contributed by atoms with Crippen LogP contribution in [0.4, 0.5) is 0 Å². The average molecular weight is 332 g/mol. The maximum absolute atomic E-state index is 12.8. The summed E-state index contributed by atoms with van der Waals surface area (Å²) >= 11 is 3.36. The van der Waals surface area contributed by atoms with Crippen molar-refractivity contribution in [1.82, 2.24) is 9.88 Å². The van der Waals surface area contributed by atoms with E-state index < -0.39 is 0 Å². The minimum Gasteiger partial charge on any atom is -0.333 e. The topological polar surface area (TPSA) is 33.2 Å². The van der Waals surface area contributed by atoms with Gasteiger partial charge in [0.15, 0.2) is 0 Å². The van der Waals surface area contributed by atoms with Gasteiger partial charge in [-0.05, 0) is 39.3 Å². The quantitative estimate of drug-likeness (QED) is 0.780. The van der Waals surface area contributed by atoms with Crippen LogP contribution in [-0.2, 0) is 5.75 Å². The van der Waals surface area contributed by atoms with Crippen molar-refractivity contribution >= 4 is 29.0 Å². The van der Waals surface area contributed by atoms with Gasteiger partial charge in [-0.2, -0.15) is 0 Å². The van der Waals surface area contributed by atoms with E-state index in [-0.39, 0.29) is 11.4 Å². The van der Waals surface area contributed by atoms with Gasteiger partial charge in [0.25, 0.3) is 5.91 Å². The van der Waals surface area contributed by atoms with Crippen molar-refractivity contribution < 1.29 is 4.79 Å². The molecule has 2 aromatic rings. The van der Waals surface area contributed by atoms with E-state index in [1.807, 2.05) is 36.1 Å². The van der Waals surface area contributed by atoms with E-state index in [2.05, 4.69) is 24.2 Å². The number of thiazole rings is 1. The maximum Gasteiger partial charge on any atom is 0.255 e. The molecule has 0 radical (unpaired) electrons. The van der Waals surface area contributed by atoms with E-state index in [9.17, 15) is 4.79 Å². The zero-order valence-electron chi connectivity index (χ0n) is 13.1. The molecule has 1 aliphatic rings. The fourth-order valence-electron chi connectivity index (χ4n) is 2.59. The summed E-state index contributed by atoms with van der Waals surface area (Å²) in [6.07, 6.45) is 1.08. The molecule has 1 aromatic heterocycles. The van der Waals surface area contributed by atoms with Crippen LogP contribution in [0.5, 0.6) is 0 Å². The Kier molecular flexibility index (Phi) is 4.28. The number of thioether (sulfide) groups is 1. The number of benzene rings is 1. The lowest BCUT2D eigenvalue weighted by Gasteiger charge is -2.48. The van der Waals surface area contributed by atoms with Crippen LogP contribution in [0.3, 0.4) is 0 Å². The molecule has 5 heteroatoms. The summed E-state index contributed by atoms with van der Waals surface area (Å²) in [4.78, 5) is 20.3. The molecule has 0 bridgehead atoms. The van der Waals surface area contributed by atoms with Crippen LogP contribution in [-0.4, -0.2) is 27.9 Å². The second-order valence-corrected chi connectivity index (χ2v) is 8.24. The van der Waals surface area contributed by atoms with E-state index >= 15 is 0 Å². The van der Waals surface area contributed by atoms with Crippen molar-refractivity contribution in [3.8, 4) is 0 Å². The minimum absolute atomic E-state index is 0.0130. The number of nitrogens with zero attached hydrogens (tertiary/aromatic N) is 2. The highest BCUT2D eigenvalue weighted by atomic mass is 32.2. The van der Waals surface area contributed by atoms with E-state index in [0.29, 0.717) is 0 Å². The van der Waals surface area contributed by atoms with Crippen molar-refractivity contribution in [2.24, 2.45) is 0 Å². The standard InChI is InChI=1S/C17H20N2OS2/c1-12-18-13(10-21-12)11-22-15-7-5-4-6-14(15)16(20)19-9-8-17(19,2)3/h4-7,10H,8-9,11H2,1-3H3. The lowest BCUT2D eigenvalue weighted by molar-refractivity contribution is 0.0154. The lowest BCUT2D eigenvalue weighted by Crippen LogP contribution is -2.58. The van der Waals surface area contributed by atoms with Crippen LogP contribution in [0.25, 0.3) is 0 Å². The minimum atomic E-state index is -0.0130. The Labute approximate surface area is 139 Å². The highest BCUT2D eigenvalue weighted by Gasteiger charge is 2.40. The van der Waals surface area contributed by atoms with Gasteiger partial charge in [-0.25, -0.2) is 4.98 Å². The molecule has 1 aromatic carbocycles. The summed E-state index contributed by atoms with van der Waals surface area (Å²) in [5.74, 6) is 0.951. The molecule has 0 saturated carbocycles. The van der Waals surface area contributed by atoms with Gasteiger partial charge in [0.1, 0.15) is 0 Å². The molecule has 1 saturated heterocycles. The first-order valence-corrected chi connectivity index (χ1v) is 9.29. The van der Waals surface area contributed by atoms with Crippen molar-refractivity contribution in [2.75, 3.05) is 6.54 Å². The van der Waals surface area contributed by atoms with Gasteiger partial charge in [0, 0.05) is 28.1 Å². The molecular weight excluding hydrogens is 312 g/mol. The summed E-state index contributed by atoms with van der Waals surface area (Å²) in [7, 11) is 0. The maximum atomic E-state index is 12.8. The third kappa shape index (κ3) is 3.06. The number of rotatable bonds is 4. The van der Waals surface area contributed by atoms with Gasteiger partial charge in [-0.3, -0.25) is 4.79 Å². The van der Waals surface area contributed by atoms with Crippen LogP contribution >= 0.6 is 23.1 Å². The van der Waals surface area contributed by atoms with Crippen molar-refractivity contribution in [3.63, 3.8) is 0 Å². The van der Waals surface area contributed by atoms with E-state index in [4.69, 9.17) is 0 Å². The number of hydrogen-bond acceptors (Lipinski definition) is 4. The zero-order chi connectivity index (χ0) is 15.7. The molecule has 0 atom stereocenters. The smallest absolute Gasteiger partial charge is 0.255 e. The number of aryl methyl sites for hydroxylation is 1. The van der Waals surface area contributed by atoms with Gasteiger partial charge in [-0.15, -0.1) is 23.1 Å². The normalized spacial score (nSPS) is 16.4. The Morgan fingerprint density at radius 2 is 2.18 bits per heavy atom. The van der Waals surface area contributed by atoms with Crippen molar-refractivity contribution in [1.29, 1.82) is 0 Å². The summed E-state index contributed by atoms with van der Waals surface area (Å²) in [5.41, 5.74) is 1.88. The fourth-order valence-corrected chi connectivity index (χ4v) is 4.24. The third-order valence-electron chi connectivity index (χ3n) is 4.08. The molecule has 22 heavy (non-hydrogen) atoms. The van der Waals surface area contributed by atoms with Crippen LogP contribution in [0.2, 0.25) is 0 Å². The number of amides is 1. The van der Waals surface area contributed by atoms with Crippen molar-refractivity contribution in [2.45, 2.75) is 43.4 Å². The number of hydrogen-bond donors (Lipinski definition) is 0. The first-order valence-electron chi connectivity index (χ1n) is 7.42. The zero-order valence-corrected chi connectivity index (χ0v) is 14.8. The SMILES string of the molecule is Cc1nc(CSc2ccccc2C(=O)N2CCC2(C)C)cs1. The second-order valence-electron chi connectivity index (χ2n) is 6.16. The second kappa shape index (κ2) is 6.05. The molecule has 3 rings (SSSR count). The molecule has 0 unspecified atom stereocenters. The highest BCUT2D eigenvalue weighted by Crippen LogP contribution is 2.34. The largest absolute Gasteiger partial charge is 0.333 e. The Bertz CT molecular complexity index is 693. The molecule has 0 N–H and O–H groups in total. The molecule has 2 heterocycles. The predicted molar refractivity (Wildman–Crippen MR) is 92.6 cm³/mol. The van der Waals surface area contributed by atoms with E-state index in [1.54, 1.807) is 23.1 Å². The van der Waals surface area contributed by atoms with E-state index in [0.717, 1.165) is 39.9 Å². The van der Waals surface area contributed by atoms with E-state index in [1.165, 1.54) is 0 Å². The highest BCUT2D eigenvalue weighted by molar-refractivity contribution is 7.98. The van der Waals surface area contributed by atoms with Crippen LogP contribution < -0.4 is 0 Å². The first-order chi connectivity index (χ1) is 10.5. The van der Waals surface area contributed by atoms with Gasteiger partial charge in [0.05, 0.1) is 16.3 Å². The number of aromatic nitrogens is 1. The Hall–Kier alpha value is -1.33. The molecule has 0 aliphatic carbocycles. The molecule has 1 amide bonds. The van der Waals surface area contributed by atoms with Gasteiger partial charge >= 0.3 is 0 Å². The number of likely N-dealkylation sites (tertiary alicyclic amines) is 1. The Morgan fingerprint density at radius 1 is 1.41 bits per heavy atom. The van der Waals surface area contributed by atoms with Gasteiger partial charge < -0.3 is 4.90 Å². The van der Waals surface area contributed by atoms with Gasteiger partial charge in [-0.1, -0.05) is 12.1 Å². The lowest BCUT2D eigenvalue weighted by atomic mass is 9.88. The fraction of sp³-hybridized carbons (Fsp3) is 0.412. The summed E-state index contributed by atoms with van der Waals surface area (Å²) in [6, 6.07) is 7.90. The molecule has 116 valence electrons. The number of carbonyl (C=O) groups excluding carboxylic acids is 1. The molecule has 1 fully saturated rings. The predicted octanol–water partition coefficient (Wildman–Crippen LogP) is 4.37. The van der Waals surface area contributed by atoms with Crippen molar-refractivity contribution in [3.05, 3.63) is 45.9 Å². The van der Waals surface area contributed by atoms with Crippen LogP contribution in [0, 0.1) is 6.92 Å². The van der Waals surface area contributed by atoms with Crippen LogP contribution in [0.15, 0.2) is 34.5 Å². The Balaban J connectivity index is 1.76. The molecular formula is C17H20N2OS2. The molecule has 3 nitrogen and oxygen atoms in total. The molecule has 0 spiro atoms. The average Bonchev–Trinajstić information content (AvgIpc) is 2.90. The monoisotopic (exact) mass is 332 g/mol. The summed E-state index contributed by atoms with van der Waals surface area (Å²) in [6.45, 7) is 7.13. The van der Waals surface area contributed by atoms with Crippen LogP contribution in [0.1, 0.15) is 41.3 Å². The first kappa shape index (κ1) is 15.6. The Morgan fingerprint density at radius 3 is 2.77 bits per heavy atom.